The van der Waals surface area contributed by atoms with Crippen LogP contribution >= 0.6 is 0 Å². The van der Waals surface area contributed by atoms with Crippen molar-refractivity contribution in [3.05, 3.63) is 34.9 Å². The third-order valence-corrected chi connectivity index (χ3v) is 3.76. The molecule has 1 aliphatic rings. The number of likely N-dealkylation sites (tertiary alicyclic amines) is 1. The summed E-state index contributed by atoms with van der Waals surface area (Å²) in [6, 6.07) is 5.85. The van der Waals surface area contributed by atoms with E-state index in [-0.39, 0.29) is 11.4 Å². The van der Waals surface area contributed by atoms with E-state index < -0.39 is 0 Å². The van der Waals surface area contributed by atoms with Crippen LogP contribution in [0, 0.1) is 13.8 Å². The van der Waals surface area contributed by atoms with Crippen LogP contribution in [0.4, 0.5) is 0 Å². The van der Waals surface area contributed by atoms with Gasteiger partial charge < -0.3 is 10.6 Å². The molecule has 17 heavy (non-hydrogen) atoms. The Labute approximate surface area is 103 Å². The van der Waals surface area contributed by atoms with Gasteiger partial charge in [-0.05, 0) is 43.5 Å². The SMILES string of the molecule is CCC1(N)CN(C(=O)c2ccc(C)c(C)c2)C1. The van der Waals surface area contributed by atoms with Gasteiger partial charge >= 0.3 is 0 Å². The van der Waals surface area contributed by atoms with Gasteiger partial charge in [-0.1, -0.05) is 13.0 Å². The van der Waals surface area contributed by atoms with E-state index in [0.29, 0.717) is 13.1 Å². The molecule has 0 bridgehead atoms. The van der Waals surface area contributed by atoms with Crippen LogP contribution in [-0.2, 0) is 0 Å². The van der Waals surface area contributed by atoms with E-state index in [2.05, 4.69) is 13.8 Å². The molecule has 0 spiro atoms. The first kappa shape index (κ1) is 12.1. The second-order valence-corrected chi connectivity index (χ2v) is 5.18. The number of hydrogen-bond donors (Lipinski definition) is 1. The molecule has 92 valence electrons. The zero-order chi connectivity index (χ0) is 12.6. The Morgan fingerprint density at radius 1 is 1.35 bits per heavy atom. The molecule has 1 amide bonds. The monoisotopic (exact) mass is 232 g/mol. The van der Waals surface area contributed by atoms with Gasteiger partial charge in [-0.2, -0.15) is 0 Å². The minimum atomic E-state index is -0.157. The second kappa shape index (κ2) is 4.15. The molecule has 0 unspecified atom stereocenters. The lowest BCUT2D eigenvalue weighted by atomic mass is 9.87. The number of nitrogens with zero attached hydrogens (tertiary/aromatic N) is 1. The van der Waals surface area contributed by atoms with Gasteiger partial charge in [0.05, 0.1) is 5.54 Å². The number of carbonyl (C=O) groups is 1. The number of amides is 1. The summed E-state index contributed by atoms with van der Waals surface area (Å²) in [7, 11) is 0. The van der Waals surface area contributed by atoms with E-state index in [0.717, 1.165) is 17.5 Å². The van der Waals surface area contributed by atoms with E-state index >= 15 is 0 Å². The van der Waals surface area contributed by atoms with E-state index in [1.54, 1.807) is 0 Å². The molecular formula is C14H20N2O. The lowest BCUT2D eigenvalue weighted by Gasteiger charge is -2.47. The Balaban J connectivity index is 2.09. The minimum absolute atomic E-state index is 0.0997. The first-order chi connectivity index (χ1) is 7.95. The fourth-order valence-electron chi connectivity index (χ4n) is 2.14. The average Bonchev–Trinajstić information content (AvgIpc) is 2.27. The van der Waals surface area contributed by atoms with Crippen molar-refractivity contribution in [1.82, 2.24) is 4.90 Å². The molecule has 3 heteroatoms. The van der Waals surface area contributed by atoms with Gasteiger partial charge in [0.25, 0.3) is 5.91 Å². The molecule has 1 fully saturated rings. The first-order valence-electron chi connectivity index (χ1n) is 6.10. The molecule has 2 N–H and O–H groups in total. The van der Waals surface area contributed by atoms with Crippen LogP contribution in [0.5, 0.6) is 0 Å². The Hall–Kier alpha value is -1.35. The van der Waals surface area contributed by atoms with Gasteiger partial charge in [-0.3, -0.25) is 4.79 Å². The van der Waals surface area contributed by atoms with Crippen LogP contribution in [0.1, 0.15) is 34.8 Å². The molecule has 1 aliphatic heterocycles. The van der Waals surface area contributed by atoms with Gasteiger partial charge in [-0.25, -0.2) is 0 Å². The van der Waals surface area contributed by atoms with Crippen molar-refractivity contribution in [3.63, 3.8) is 0 Å². The molecule has 1 aromatic carbocycles. The molecule has 0 aromatic heterocycles. The quantitative estimate of drug-likeness (QED) is 0.846. The molecule has 1 heterocycles. The van der Waals surface area contributed by atoms with Crippen LogP contribution in [0.3, 0.4) is 0 Å². The maximum atomic E-state index is 12.2. The minimum Gasteiger partial charge on any atom is -0.335 e. The van der Waals surface area contributed by atoms with E-state index in [9.17, 15) is 4.79 Å². The highest BCUT2D eigenvalue weighted by atomic mass is 16.2. The number of carbonyl (C=O) groups excluding carboxylic acids is 1. The largest absolute Gasteiger partial charge is 0.335 e. The van der Waals surface area contributed by atoms with Crippen molar-refractivity contribution in [2.24, 2.45) is 5.73 Å². The van der Waals surface area contributed by atoms with Crippen LogP contribution in [0.2, 0.25) is 0 Å². The molecule has 2 rings (SSSR count). The summed E-state index contributed by atoms with van der Waals surface area (Å²) in [4.78, 5) is 14.0. The van der Waals surface area contributed by atoms with Crippen molar-refractivity contribution in [3.8, 4) is 0 Å². The third kappa shape index (κ3) is 2.20. The fourth-order valence-corrected chi connectivity index (χ4v) is 2.14. The van der Waals surface area contributed by atoms with Gasteiger partial charge in [0.2, 0.25) is 0 Å². The van der Waals surface area contributed by atoms with Crippen molar-refractivity contribution in [1.29, 1.82) is 0 Å². The van der Waals surface area contributed by atoms with Crippen molar-refractivity contribution in [2.75, 3.05) is 13.1 Å². The normalized spacial score (nSPS) is 17.8. The maximum absolute atomic E-state index is 12.2. The number of aryl methyl sites for hydroxylation is 2. The van der Waals surface area contributed by atoms with Gasteiger partial charge in [-0.15, -0.1) is 0 Å². The van der Waals surface area contributed by atoms with Crippen molar-refractivity contribution >= 4 is 5.91 Å². The lowest BCUT2D eigenvalue weighted by molar-refractivity contribution is 0.0401. The summed E-state index contributed by atoms with van der Waals surface area (Å²) < 4.78 is 0. The van der Waals surface area contributed by atoms with Crippen molar-refractivity contribution < 1.29 is 4.79 Å². The Bertz CT molecular complexity index is 448. The van der Waals surface area contributed by atoms with Gasteiger partial charge in [0.15, 0.2) is 0 Å². The number of hydrogen-bond acceptors (Lipinski definition) is 2. The third-order valence-electron chi connectivity index (χ3n) is 3.76. The molecule has 0 radical (unpaired) electrons. The van der Waals surface area contributed by atoms with E-state index in [1.807, 2.05) is 30.0 Å². The highest BCUT2D eigenvalue weighted by molar-refractivity contribution is 5.95. The highest BCUT2D eigenvalue weighted by Crippen LogP contribution is 2.24. The summed E-state index contributed by atoms with van der Waals surface area (Å²) in [6.07, 6.45) is 0.920. The predicted molar refractivity (Wildman–Crippen MR) is 69.0 cm³/mol. The number of benzene rings is 1. The molecule has 0 atom stereocenters. The van der Waals surface area contributed by atoms with Crippen molar-refractivity contribution in [2.45, 2.75) is 32.7 Å². The van der Waals surface area contributed by atoms with E-state index in [1.165, 1.54) is 5.56 Å². The molecular weight excluding hydrogens is 212 g/mol. The summed E-state index contributed by atoms with van der Waals surface area (Å²) >= 11 is 0. The zero-order valence-corrected chi connectivity index (χ0v) is 10.8. The molecule has 0 saturated carbocycles. The number of rotatable bonds is 2. The molecule has 1 saturated heterocycles. The Morgan fingerprint density at radius 3 is 2.53 bits per heavy atom. The Kier molecular flexibility index (Phi) is 2.96. The first-order valence-corrected chi connectivity index (χ1v) is 6.10. The molecule has 3 nitrogen and oxygen atoms in total. The van der Waals surface area contributed by atoms with Crippen LogP contribution in [0.15, 0.2) is 18.2 Å². The van der Waals surface area contributed by atoms with E-state index in [4.69, 9.17) is 5.73 Å². The highest BCUT2D eigenvalue weighted by Gasteiger charge is 2.40. The number of nitrogens with two attached hydrogens (primary N) is 1. The summed E-state index contributed by atoms with van der Waals surface area (Å²) in [5.41, 5.74) is 9.05. The van der Waals surface area contributed by atoms with Crippen LogP contribution in [0.25, 0.3) is 0 Å². The Morgan fingerprint density at radius 2 is 2.00 bits per heavy atom. The summed E-state index contributed by atoms with van der Waals surface area (Å²) in [5, 5.41) is 0. The summed E-state index contributed by atoms with van der Waals surface area (Å²) in [6.45, 7) is 7.50. The zero-order valence-electron chi connectivity index (χ0n) is 10.8. The standard InChI is InChI=1S/C14H20N2O/c1-4-14(15)8-16(9-14)13(17)12-6-5-10(2)11(3)7-12/h5-7H,4,8-9,15H2,1-3H3. The molecule has 1 aromatic rings. The smallest absolute Gasteiger partial charge is 0.253 e. The second-order valence-electron chi connectivity index (χ2n) is 5.18. The molecule has 0 aliphatic carbocycles. The fraction of sp³-hybridized carbons (Fsp3) is 0.500. The average molecular weight is 232 g/mol. The van der Waals surface area contributed by atoms with Gasteiger partial charge in [0.1, 0.15) is 0 Å². The topological polar surface area (TPSA) is 46.3 Å². The lowest BCUT2D eigenvalue weighted by Crippen LogP contribution is -2.68. The van der Waals surface area contributed by atoms with Crippen LogP contribution < -0.4 is 5.73 Å². The maximum Gasteiger partial charge on any atom is 0.253 e. The van der Waals surface area contributed by atoms with Crippen LogP contribution in [-0.4, -0.2) is 29.4 Å². The predicted octanol–water partition coefficient (Wildman–Crippen LogP) is 1.87. The summed E-state index contributed by atoms with van der Waals surface area (Å²) in [5.74, 6) is 0.0997. The van der Waals surface area contributed by atoms with Gasteiger partial charge in [0, 0.05) is 18.7 Å².